The van der Waals surface area contributed by atoms with Gasteiger partial charge < -0.3 is 4.57 Å². The number of hydrogen-bond acceptors (Lipinski definition) is 2. The summed E-state index contributed by atoms with van der Waals surface area (Å²) in [6.45, 7) is 2.52. The lowest BCUT2D eigenvalue weighted by Gasteiger charge is -2.06. The number of rotatable bonds is 5. The van der Waals surface area contributed by atoms with Gasteiger partial charge in [0.1, 0.15) is 0 Å². The Balaban J connectivity index is 1.86. The van der Waals surface area contributed by atoms with Gasteiger partial charge in [-0.05, 0) is 28.8 Å². The van der Waals surface area contributed by atoms with Crippen LogP contribution in [0.4, 0.5) is 0 Å². The third-order valence-electron chi connectivity index (χ3n) is 3.65. The van der Waals surface area contributed by atoms with Gasteiger partial charge in [0.05, 0.1) is 12.9 Å². The molecule has 0 aliphatic rings. The molecule has 3 heteroatoms. The molecule has 0 radical (unpaired) electrons. The molecule has 0 saturated heterocycles. The van der Waals surface area contributed by atoms with Crippen LogP contribution in [0.15, 0.2) is 55.1 Å². The van der Waals surface area contributed by atoms with Crippen LogP contribution in [0.2, 0.25) is 0 Å². The SMILES string of the molecule is CCCc1ccc2cc(C(=O)Cn3ccnc3)ccc2c1. The lowest BCUT2D eigenvalue weighted by molar-refractivity contribution is 0.0972. The van der Waals surface area contributed by atoms with Gasteiger partial charge in [-0.2, -0.15) is 0 Å². The molecule has 3 aromatic rings. The number of carbonyl (C=O) groups excluding carboxylic acids is 1. The molecule has 106 valence electrons. The number of aromatic nitrogens is 2. The largest absolute Gasteiger partial charge is 0.330 e. The topological polar surface area (TPSA) is 34.9 Å². The molecule has 0 saturated carbocycles. The van der Waals surface area contributed by atoms with Gasteiger partial charge in [0, 0.05) is 18.0 Å². The van der Waals surface area contributed by atoms with E-state index in [9.17, 15) is 4.79 Å². The molecule has 0 fully saturated rings. The van der Waals surface area contributed by atoms with Crippen molar-refractivity contribution in [1.82, 2.24) is 9.55 Å². The van der Waals surface area contributed by atoms with Crippen molar-refractivity contribution in [2.75, 3.05) is 0 Å². The summed E-state index contributed by atoms with van der Waals surface area (Å²) in [5, 5.41) is 2.31. The zero-order valence-corrected chi connectivity index (χ0v) is 12.1. The number of hydrogen-bond donors (Lipinski definition) is 0. The van der Waals surface area contributed by atoms with Gasteiger partial charge in [-0.15, -0.1) is 0 Å². The van der Waals surface area contributed by atoms with Crippen molar-refractivity contribution >= 4 is 16.6 Å². The number of imidazole rings is 1. The second-order valence-corrected chi connectivity index (χ2v) is 5.30. The Morgan fingerprint density at radius 1 is 1.14 bits per heavy atom. The molecule has 0 spiro atoms. The fourth-order valence-electron chi connectivity index (χ4n) is 2.55. The van der Waals surface area contributed by atoms with Gasteiger partial charge in [0.25, 0.3) is 0 Å². The number of fused-ring (bicyclic) bond motifs is 1. The zero-order valence-electron chi connectivity index (χ0n) is 12.1. The number of aryl methyl sites for hydroxylation is 1. The first-order chi connectivity index (χ1) is 10.3. The van der Waals surface area contributed by atoms with Crippen molar-refractivity contribution in [3.05, 3.63) is 66.2 Å². The lowest BCUT2D eigenvalue weighted by atomic mass is 10.0. The van der Waals surface area contributed by atoms with E-state index >= 15 is 0 Å². The molecule has 0 N–H and O–H groups in total. The van der Waals surface area contributed by atoms with E-state index in [0.29, 0.717) is 6.54 Å². The smallest absolute Gasteiger partial charge is 0.182 e. The zero-order chi connectivity index (χ0) is 14.7. The van der Waals surface area contributed by atoms with Gasteiger partial charge >= 0.3 is 0 Å². The van der Waals surface area contributed by atoms with Crippen LogP contribution in [-0.4, -0.2) is 15.3 Å². The number of ketones is 1. The van der Waals surface area contributed by atoms with Crippen molar-refractivity contribution < 1.29 is 4.79 Å². The molecule has 2 aromatic carbocycles. The number of benzene rings is 2. The highest BCUT2D eigenvalue weighted by molar-refractivity contribution is 5.99. The summed E-state index contributed by atoms with van der Waals surface area (Å²) in [6.07, 6.45) is 7.39. The molecule has 0 bridgehead atoms. The van der Waals surface area contributed by atoms with Gasteiger partial charge in [0.15, 0.2) is 5.78 Å². The van der Waals surface area contributed by atoms with Crippen LogP contribution in [0.5, 0.6) is 0 Å². The highest BCUT2D eigenvalue weighted by Crippen LogP contribution is 2.19. The van der Waals surface area contributed by atoms with E-state index in [2.05, 4.69) is 30.1 Å². The van der Waals surface area contributed by atoms with Gasteiger partial charge in [-0.25, -0.2) is 4.98 Å². The average Bonchev–Trinajstić information content (AvgIpc) is 3.00. The van der Waals surface area contributed by atoms with Crippen molar-refractivity contribution in [3.8, 4) is 0 Å². The van der Waals surface area contributed by atoms with E-state index < -0.39 is 0 Å². The van der Waals surface area contributed by atoms with E-state index in [-0.39, 0.29) is 5.78 Å². The van der Waals surface area contributed by atoms with Crippen LogP contribution >= 0.6 is 0 Å². The highest BCUT2D eigenvalue weighted by Gasteiger charge is 2.07. The van der Waals surface area contributed by atoms with Gasteiger partial charge in [0.2, 0.25) is 0 Å². The molecule has 21 heavy (non-hydrogen) atoms. The number of Topliss-reactive ketones (excluding diaryl/α,β-unsaturated/α-hetero) is 1. The summed E-state index contributed by atoms with van der Waals surface area (Å²) in [7, 11) is 0. The minimum absolute atomic E-state index is 0.104. The minimum Gasteiger partial charge on any atom is -0.330 e. The van der Waals surface area contributed by atoms with Crippen molar-refractivity contribution in [3.63, 3.8) is 0 Å². The van der Waals surface area contributed by atoms with Crippen molar-refractivity contribution in [2.45, 2.75) is 26.3 Å². The fraction of sp³-hybridized carbons (Fsp3) is 0.222. The molecule has 0 unspecified atom stereocenters. The standard InChI is InChI=1S/C18H18N2O/c1-2-3-14-4-5-16-11-17(7-6-15(16)10-14)18(21)12-20-9-8-19-13-20/h4-11,13H,2-3,12H2,1H3. The molecule has 3 nitrogen and oxygen atoms in total. The molecule has 1 aromatic heterocycles. The first-order valence-electron chi connectivity index (χ1n) is 7.28. The third-order valence-corrected chi connectivity index (χ3v) is 3.65. The number of carbonyl (C=O) groups is 1. The van der Waals surface area contributed by atoms with Crippen LogP contribution in [-0.2, 0) is 13.0 Å². The maximum absolute atomic E-state index is 12.3. The normalized spacial score (nSPS) is 10.9. The Morgan fingerprint density at radius 2 is 1.95 bits per heavy atom. The second kappa shape index (κ2) is 5.92. The minimum atomic E-state index is 0.104. The van der Waals surface area contributed by atoms with E-state index in [1.165, 1.54) is 10.9 Å². The predicted molar refractivity (Wildman–Crippen MR) is 84.5 cm³/mol. The Hall–Kier alpha value is -2.42. The van der Waals surface area contributed by atoms with Crippen LogP contribution < -0.4 is 0 Å². The van der Waals surface area contributed by atoms with Crippen molar-refractivity contribution in [1.29, 1.82) is 0 Å². The molecule has 0 atom stereocenters. The second-order valence-electron chi connectivity index (χ2n) is 5.30. The first kappa shape index (κ1) is 13.6. The Labute approximate surface area is 124 Å². The molecule has 0 aliphatic carbocycles. The third kappa shape index (κ3) is 3.02. The Morgan fingerprint density at radius 3 is 2.71 bits per heavy atom. The summed E-state index contributed by atoms with van der Waals surface area (Å²) in [5.74, 6) is 0.104. The van der Waals surface area contributed by atoms with Crippen LogP contribution in [0, 0.1) is 0 Å². The van der Waals surface area contributed by atoms with Gasteiger partial charge in [-0.3, -0.25) is 4.79 Å². The van der Waals surface area contributed by atoms with E-state index in [1.54, 1.807) is 23.3 Å². The molecule has 0 amide bonds. The summed E-state index contributed by atoms with van der Waals surface area (Å²) in [4.78, 5) is 16.2. The molecule has 1 heterocycles. The summed E-state index contributed by atoms with van der Waals surface area (Å²) < 4.78 is 1.79. The molecular weight excluding hydrogens is 260 g/mol. The average molecular weight is 278 g/mol. The van der Waals surface area contributed by atoms with E-state index in [4.69, 9.17) is 0 Å². The Bertz CT molecular complexity index is 760. The van der Waals surface area contributed by atoms with Crippen molar-refractivity contribution in [2.24, 2.45) is 0 Å². The Kier molecular flexibility index (Phi) is 3.82. The van der Waals surface area contributed by atoms with E-state index in [1.807, 2.05) is 18.2 Å². The van der Waals surface area contributed by atoms with E-state index in [0.717, 1.165) is 23.8 Å². The van der Waals surface area contributed by atoms with Crippen LogP contribution in [0.25, 0.3) is 10.8 Å². The molecule has 0 aliphatic heterocycles. The maximum atomic E-state index is 12.3. The fourth-order valence-corrected chi connectivity index (χ4v) is 2.55. The number of nitrogens with zero attached hydrogens (tertiary/aromatic N) is 2. The maximum Gasteiger partial charge on any atom is 0.182 e. The lowest BCUT2D eigenvalue weighted by Crippen LogP contribution is -2.08. The molecule has 3 rings (SSSR count). The highest BCUT2D eigenvalue weighted by atomic mass is 16.1. The van der Waals surface area contributed by atoms with Crippen LogP contribution in [0.1, 0.15) is 29.3 Å². The van der Waals surface area contributed by atoms with Gasteiger partial charge in [-0.1, -0.05) is 43.7 Å². The molecular formula is C18H18N2O. The summed E-state index contributed by atoms with van der Waals surface area (Å²) >= 11 is 0. The summed E-state index contributed by atoms with van der Waals surface area (Å²) in [5.41, 5.74) is 2.10. The van der Waals surface area contributed by atoms with Crippen LogP contribution in [0.3, 0.4) is 0 Å². The summed E-state index contributed by atoms with van der Waals surface area (Å²) in [6, 6.07) is 12.4. The first-order valence-corrected chi connectivity index (χ1v) is 7.28. The quantitative estimate of drug-likeness (QED) is 0.664. The predicted octanol–water partition coefficient (Wildman–Crippen LogP) is 3.87. The monoisotopic (exact) mass is 278 g/mol.